The summed E-state index contributed by atoms with van der Waals surface area (Å²) in [7, 11) is 0. The van der Waals surface area contributed by atoms with Gasteiger partial charge in [-0.25, -0.2) is 8.78 Å². The Bertz CT molecular complexity index is 547. The molecule has 0 aromatic heterocycles. The van der Waals surface area contributed by atoms with Crippen LogP contribution < -0.4 is 5.32 Å². The lowest BCUT2D eigenvalue weighted by Crippen LogP contribution is -2.43. The zero-order valence-corrected chi connectivity index (χ0v) is 12.9. The minimum Gasteiger partial charge on any atom is -0.321 e. The highest BCUT2D eigenvalue weighted by atomic mass is 19.2. The quantitative estimate of drug-likeness (QED) is 0.925. The lowest BCUT2D eigenvalue weighted by molar-refractivity contribution is -0.133. The fraction of sp³-hybridized carbons (Fsp3) is 0.562. The second-order valence-electron chi connectivity index (χ2n) is 6.26. The molecule has 2 rings (SSSR count). The van der Waals surface area contributed by atoms with Gasteiger partial charge in [-0.1, -0.05) is 26.8 Å². The van der Waals surface area contributed by atoms with Gasteiger partial charge in [-0.3, -0.25) is 10.1 Å². The van der Waals surface area contributed by atoms with Crippen molar-refractivity contribution in [2.75, 3.05) is 6.54 Å². The van der Waals surface area contributed by atoms with Gasteiger partial charge in [-0.05, 0) is 37.0 Å². The van der Waals surface area contributed by atoms with E-state index in [1.165, 1.54) is 6.07 Å². The van der Waals surface area contributed by atoms with Crippen molar-refractivity contribution < 1.29 is 13.6 Å². The molecule has 1 fully saturated rings. The summed E-state index contributed by atoms with van der Waals surface area (Å²) in [5.74, 6) is -1.47. The third-order valence-electron chi connectivity index (χ3n) is 4.03. The van der Waals surface area contributed by atoms with E-state index in [2.05, 4.69) is 5.32 Å². The molecule has 0 bridgehead atoms. The largest absolute Gasteiger partial charge is 0.321 e. The van der Waals surface area contributed by atoms with Gasteiger partial charge in [0.05, 0.1) is 5.54 Å². The molecule has 1 aliphatic rings. The normalized spacial score (nSPS) is 26.0. The van der Waals surface area contributed by atoms with Crippen LogP contribution in [0.5, 0.6) is 0 Å². The van der Waals surface area contributed by atoms with Gasteiger partial charge >= 0.3 is 0 Å². The first-order chi connectivity index (χ1) is 9.78. The molecule has 1 aromatic carbocycles. The van der Waals surface area contributed by atoms with E-state index >= 15 is 0 Å². The van der Waals surface area contributed by atoms with E-state index in [0.717, 1.165) is 12.1 Å². The van der Waals surface area contributed by atoms with Crippen molar-refractivity contribution in [1.82, 2.24) is 10.2 Å². The van der Waals surface area contributed by atoms with Crippen molar-refractivity contribution in [1.29, 1.82) is 0 Å². The summed E-state index contributed by atoms with van der Waals surface area (Å²) < 4.78 is 26.6. The molecule has 0 saturated carbocycles. The lowest BCUT2D eigenvalue weighted by atomic mass is 9.99. The van der Waals surface area contributed by atoms with Crippen molar-refractivity contribution in [2.24, 2.45) is 5.92 Å². The van der Waals surface area contributed by atoms with Crippen LogP contribution in [-0.2, 0) is 4.79 Å². The minimum absolute atomic E-state index is 0.00781. The Morgan fingerprint density at radius 1 is 1.33 bits per heavy atom. The topological polar surface area (TPSA) is 32.3 Å². The summed E-state index contributed by atoms with van der Waals surface area (Å²) >= 11 is 0. The van der Waals surface area contributed by atoms with Crippen molar-refractivity contribution in [2.45, 2.75) is 45.8 Å². The first-order valence-corrected chi connectivity index (χ1v) is 7.32. The monoisotopic (exact) mass is 296 g/mol. The van der Waals surface area contributed by atoms with Gasteiger partial charge in [0.15, 0.2) is 11.6 Å². The van der Waals surface area contributed by atoms with Crippen LogP contribution >= 0.6 is 0 Å². The average molecular weight is 296 g/mol. The van der Waals surface area contributed by atoms with E-state index in [4.69, 9.17) is 0 Å². The summed E-state index contributed by atoms with van der Waals surface area (Å²) in [6.45, 7) is 8.41. The van der Waals surface area contributed by atoms with Gasteiger partial charge < -0.3 is 4.90 Å². The Morgan fingerprint density at radius 3 is 2.52 bits per heavy atom. The number of nitrogens with one attached hydrogen (secondary N) is 1. The molecule has 3 nitrogen and oxygen atoms in total. The number of hydrogen-bond acceptors (Lipinski definition) is 2. The molecule has 21 heavy (non-hydrogen) atoms. The first kappa shape index (κ1) is 15.9. The Labute approximate surface area is 124 Å². The molecule has 0 radical (unpaired) electrons. The number of nitrogens with zero attached hydrogens (tertiary/aromatic N) is 1. The first-order valence-electron chi connectivity index (χ1n) is 7.32. The van der Waals surface area contributed by atoms with E-state index in [1.807, 2.05) is 27.7 Å². The van der Waals surface area contributed by atoms with Crippen LogP contribution in [-0.4, -0.2) is 22.9 Å². The fourth-order valence-electron chi connectivity index (χ4n) is 2.66. The summed E-state index contributed by atoms with van der Waals surface area (Å²) in [6, 6.07) is 3.79. The summed E-state index contributed by atoms with van der Waals surface area (Å²) in [6.07, 6.45) is 0.223. The molecule has 1 N–H and O–H groups in total. The highest BCUT2D eigenvalue weighted by Crippen LogP contribution is 2.33. The predicted molar refractivity (Wildman–Crippen MR) is 77.5 cm³/mol. The van der Waals surface area contributed by atoms with E-state index in [-0.39, 0.29) is 5.91 Å². The molecule has 116 valence electrons. The molecule has 0 aliphatic carbocycles. The van der Waals surface area contributed by atoms with Crippen LogP contribution in [0.3, 0.4) is 0 Å². The molecule has 2 unspecified atom stereocenters. The fourth-order valence-corrected chi connectivity index (χ4v) is 2.66. The van der Waals surface area contributed by atoms with Crippen LogP contribution in [0.1, 0.15) is 45.8 Å². The molecule has 1 amide bonds. The summed E-state index contributed by atoms with van der Waals surface area (Å²) in [4.78, 5) is 14.3. The van der Waals surface area contributed by atoms with Gasteiger partial charge in [0, 0.05) is 6.54 Å². The molecular formula is C16H22F2N2O. The standard InChI is InChI=1S/C16H22F2N2O/c1-5-16(4)15(21)20(9-10(2)3)14(19-16)11-6-7-12(17)13(18)8-11/h6-8,10,14,19H,5,9H2,1-4H3. The number of carbonyl (C=O) groups excluding carboxylic acids is 1. The smallest absolute Gasteiger partial charge is 0.244 e. The molecular weight excluding hydrogens is 274 g/mol. The molecule has 5 heteroatoms. The Hall–Kier alpha value is -1.49. The van der Waals surface area contributed by atoms with Crippen LogP contribution in [0.4, 0.5) is 8.78 Å². The van der Waals surface area contributed by atoms with Gasteiger partial charge in [-0.15, -0.1) is 0 Å². The SMILES string of the molecule is CCC1(C)NC(c2ccc(F)c(F)c2)N(CC(C)C)C1=O. The van der Waals surface area contributed by atoms with Crippen LogP contribution in [0.25, 0.3) is 0 Å². The molecule has 1 heterocycles. The minimum atomic E-state index is -0.892. The Balaban J connectivity index is 2.39. The number of hydrogen-bond donors (Lipinski definition) is 1. The van der Waals surface area contributed by atoms with E-state index in [1.54, 1.807) is 4.90 Å². The van der Waals surface area contributed by atoms with Gasteiger partial charge in [-0.2, -0.15) is 0 Å². The zero-order valence-electron chi connectivity index (χ0n) is 12.9. The van der Waals surface area contributed by atoms with Crippen molar-refractivity contribution >= 4 is 5.91 Å². The maximum atomic E-state index is 13.5. The molecule has 1 aromatic rings. The van der Waals surface area contributed by atoms with Crippen molar-refractivity contribution in [3.63, 3.8) is 0 Å². The van der Waals surface area contributed by atoms with Gasteiger partial charge in [0.2, 0.25) is 5.91 Å². The van der Waals surface area contributed by atoms with E-state index < -0.39 is 23.3 Å². The highest BCUT2D eigenvalue weighted by molar-refractivity contribution is 5.88. The van der Waals surface area contributed by atoms with Crippen molar-refractivity contribution in [3.8, 4) is 0 Å². The third-order valence-corrected chi connectivity index (χ3v) is 4.03. The van der Waals surface area contributed by atoms with Crippen molar-refractivity contribution in [3.05, 3.63) is 35.4 Å². The number of rotatable bonds is 4. The number of halogens is 2. The number of amides is 1. The van der Waals surface area contributed by atoms with E-state index in [0.29, 0.717) is 24.4 Å². The van der Waals surface area contributed by atoms with Crippen LogP contribution in [0.2, 0.25) is 0 Å². The van der Waals surface area contributed by atoms with Crippen LogP contribution in [0, 0.1) is 17.6 Å². The molecule has 1 aliphatic heterocycles. The summed E-state index contributed by atoms with van der Waals surface area (Å²) in [5.41, 5.74) is -0.0928. The highest BCUT2D eigenvalue weighted by Gasteiger charge is 2.47. The molecule has 1 saturated heterocycles. The summed E-state index contributed by atoms with van der Waals surface area (Å²) in [5, 5.41) is 3.27. The predicted octanol–water partition coefficient (Wildman–Crippen LogP) is 3.22. The molecule has 0 spiro atoms. The Kier molecular flexibility index (Phi) is 4.33. The molecule has 2 atom stereocenters. The number of carbonyl (C=O) groups is 1. The van der Waals surface area contributed by atoms with E-state index in [9.17, 15) is 13.6 Å². The second kappa shape index (κ2) is 5.72. The lowest BCUT2D eigenvalue weighted by Gasteiger charge is -2.26. The maximum absolute atomic E-state index is 13.5. The average Bonchev–Trinajstić information content (AvgIpc) is 2.67. The van der Waals surface area contributed by atoms with Gasteiger partial charge in [0.25, 0.3) is 0 Å². The second-order valence-corrected chi connectivity index (χ2v) is 6.26. The maximum Gasteiger partial charge on any atom is 0.244 e. The van der Waals surface area contributed by atoms with Gasteiger partial charge in [0.1, 0.15) is 6.17 Å². The van der Waals surface area contributed by atoms with Crippen LogP contribution in [0.15, 0.2) is 18.2 Å². The Morgan fingerprint density at radius 2 is 2.00 bits per heavy atom. The third kappa shape index (κ3) is 2.93. The zero-order chi connectivity index (χ0) is 15.8. The number of benzene rings is 1.